The molecule has 2 nitrogen and oxygen atoms in total. The van der Waals surface area contributed by atoms with Crippen LogP contribution in [0.3, 0.4) is 0 Å². The molecular weight excluding hydrogens is 258 g/mol. The first-order valence-electron chi connectivity index (χ1n) is 7.46. The van der Waals surface area contributed by atoms with Gasteiger partial charge < -0.3 is 4.90 Å². The Labute approximate surface area is 126 Å². The lowest BCUT2D eigenvalue weighted by Crippen LogP contribution is -2.37. The molecule has 0 fully saturated rings. The second kappa shape index (κ2) is 5.03. The number of amides is 1. The average molecular weight is 279 g/mol. The highest BCUT2D eigenvalue weighted by molar-refractivity contribution is 6.07. The number of benzene rings is 2. The highest BCUT2D eigenvalue weighted by Gasteiger charge is 2.46. The van der Waals surface area contributed by atoms with Crippen LogP contribution in [0, 0.1) is 0 Å². The van der Waals surface area contributed by atoms with Crippen molar-refractivity contribution in [3.63, 3.8) is 0 Å². The molecule has 0 aromatic heterocycles. The third-order valence-electron chi connectivity index (χ3n) is 4.72. The second-order valence-electron chi connectivity index (χ2n) is 6.23. The van der Waals surface area contributed by atoms with Gasteiger partial charge in [0, 0.05) is 12.7 Å². The van der Waals surface area contributed by atoms with Crippen LogP contribution in [0.5, 0.6) is 0 Å². The van der Waals surface area contributed by atoms with E-state index >= 15 is 0 Å². The van der Waals surface area contributed by atoms with Gasteiger partial charge in [-0.05, 0) is 36.5 Å². The Morgan fingerprint density at radius 3 is 2.38 bits per heavy atom. The SMILES string of the molecule is CC(CC1(C)C(=O)N(C)c2ccccc21)c1ccccc1. The number of hydrogen-bond acceptors (Lipinski definition) is 1. The lowest BCUT2D eigenvalue weighted by atomic mass is 9.75. The van der Waals surface area contributed by atoms with E-state index in [1.165, 1.54) is 5.56 Å². The van der Waals surface area contributed by atoms with Crippen molar-refractivity contribution in [2.75, 3.05) is 11.9 Å². The fourth-order valence-corrected chi connectivity index (χ4v) is 3.54. The molecule has 1 heterocycles. The average Bonchev–Trinajstić information content (AvgIpc) is 2.71. The van der Waals surface area contributed by atoms with Gasteiger partial charge in [0.1, 0.15) is 0 Å². The quantitative estimate of drug-likeness (QED) is 0.828. The lowest BCUT2D eigenvalue weighted by molar-refractivity contribution is -0.122. The minimum absolute atomic E-state index is 0.200. The van der Waals surface area contributed by atoms with Gasteiger partial charge in [-0.1, -0.05) is 55.5 Å². The fourth-order valence-electron chi connectivity index (χ4n) is 3.54. The number of carbonyl (C=O) groups excluding carboxylic acids is 1. The lowest BCUT2D eigenvalue weighted by Gasteiger charge is -2.27. The van der Waals surface area contributed by atoms with Crippen LogP contribution in [0.2, 0.25) is 0 Å². The first-order chi connectivity index (χ1) is 10.0. The van der Waals surface area contributed by atoms with Crippen LogP contribution in [0.1, 0.15) is 37.3 Å². The molecule has 2 aromatic carbocycles. The molecule has 0 spiro atoms. The first-order valence-corrected chi connectivity index (χ1v) is 7.46. The highest BCUT2D eigenvalue weighted by Crippen LogP contribution is 2.45. The molecule has 0 radical (unpaired) electrons. The summed E-state index contributed by atoms with van der Waals surface area (Å²) in [5.41, 5.74) is 3.06. The maximum absolute atomic E-state index is 12.8. The normalized spacial score (nSPS) is 22.2. The Hall–Kier alpha value is -2.09. The molecule has 21 heavy (non-hydrogen) atoms. The molecule has 0 aliphatic carbocycles. The van der Waals surface area contributed by atoms with Crippen LogP contribution in [0.4, 0.5) is 5.69 Å². The Morgan fingerprint density at radius 1 is 1.05 bits per heavy atom. The van der Waals surface area contributed by atoms with Crippen molar-refractivity contribution in [3.8, 4) is 0 Å². The van der Waals surface area contributed by atoms with Crippen LogP contribution in [-0.4, -0.2) is 13.0 Å². The first kappa shape index (κ1) is 13.9. The topological polar surface area (TPSA) is 20.3 Å². The van der Waals surface area contributed by atoms with Crippen molar-refractivity contribution in [1.82, 2.24) is 0 Å². The molecule has 0 bridgehead atoms. The number of carbonyl (C=O) groups is 1. The number of nitrogens with zero attached hydrogens (tertiary/aromatic N) is 1. The zero-order chi connectivity index (χ0) is 15.0. The highest BCUT2D eigenvalue weighted by atomic mass is 16.2. The molecule has 2 atom stereocenters. The summed E-state index contributed by atoms with van der Waals surface area (Å²) in [7, 11) is 1.87. The smallest absolute Gasteiger partial charge is 0.237 e. The van der Waals surface area contributed by atoms with Crippen molar-refractivity contribution in [2.24, 2.45) is 0 Å². The van der Waals surface area contributed by atoms with E-state index in [9.17, 15) is 4.79 Å². The van der Waals surface area contributed by atoms with E-state index in [0.717, 1.165) is 17.7 Å². The van der Waals surface area contributed by atoms with Crippen LogP contribution >= 0.6 is 0 Å². The van der Waals surface area contributed by atoms with Gasteiger partial charge in [0.25, 0.3) is 0 Å². The molecule has 0 saturated heterocycles. The van der Waals surface area contributed by atoms with Gasteiger partial charge in [-0.2, -0.15) is 0 Å². The molecule has 1 aliphatic heterocycles. The molecule has 2 aromatic rings. The summed E-state index contributed by atoms with van der Waals surface area (Å²) in [6, 6.07) is 18.6. The summed E-state index contributed by atoms with van der Waals surface area (Å²) < 4.78 is 0. The maximum atomic E-state index is 12.8. The molecule has 1 aliphatic rings. The third kappa shape index (κ3) is 2.15. The van der Waals surface area contributed by atoms with E-state index in [-0.39, 0.29) is 5.91 Å². The summed E-state index contributed by atoms with van der Waals surface area (Å²) in [5, 5.41) is 0. The van der Waals surface area contributed by atoms with Gasteiger partial charge in [0.2, 0.25) is 5.91 Å². The van der Waals surface area contributed by atoms with E-state index in [1.807, 2.05) is 31.3 Å². The Bertz CT molecular complexity index is 664. The third-order valence-corrected chi connectivity index (χ3v) is 4.72. The minimum atomic E-state index is -0.430. The van der Waals surface area contributed by atoms with Crippen molar-refractivity contribution in [1.29, 1.82) is 0 Å². The van der Waals surface area contributed by atoms with Gasteiger partial charge in [-0.25, -0.2) is 0 Å². The van der Waals surface area contributed by atoms with Crippen molar-refractivity contribution in [2.45, 2.75) is 31.6 Å². The van der Waals surface area contributed by atoms with Gasteiger partial charge in [-0.15, -0.1) is 0 Å². The Balaban J connectivity index is 1.96. The minimum Gasteiger partial charge on any atom is -0.314 e. The zero-order valence-electron chi connectivity index (χ0n) is 12.8. The van der Waals surface area contributed by atoms with E-state index in [2.05, 4.69) is 44.2 Å². The molecule has 2 heteroatoms. The number of anilines is 1. The van der Waals surface area contributed by atoms with E-state index in [0.29, 0.717) is 5.92 Å². The predicted molar refractivity (Wildman–Crippen MR) is 86.7 cm³/mol. The van der Waals surface area contributed by atoms with Gasteiger partial charge in [-0.3, -0.25) is 4.79 Å². The molecule has 3 rings (SSSR count). The van der Waals surface area contributed by atoms with E-state index < -0.39 is 5.41 Å². The van der Waals surface area contributed by atoms with Crippen LogP contribution in [0.25, 0.3) is 0 Å². The number of hydrogen-bond donors (Lipinski definition) is 0. The van der Waals surface area contributed by atoms with E-state index in [1.54, 1.807) is 4.90 Å². The molecular formula is C19H21NO. The fraction of sp³-hybridized carbons (Fsp3) is 0.316. The summed E-state index contributed by atoms with van der Waals surface area (Å²) in [6.45, 7) is 4.28. The number of para-hydroxylation sites is 1. The second-order valence-corrected chi connectivity index (χ2v) is 6.23. The zero-order valence-corrected chi connectivity index (χ0v) is 12.8. The van der Waals surface area contributed by atoms with Crippen LogP contribution < -0.4 is 4.90 Å². The molecule has 2 unspecified atom stereocenters. The summed E-state index contributed by atoms with van der Waals surface area (Å²) in [4.78, 5) is 14.6. The largest absolute Gasteiger partial charge is 0.314 e. The predicted octanol–water partition coefficient (Wildman–Crippen LogP) is 4.11. The Kier molecular flexibility index (Phi) is 3.32. The van der Waals surface area contributed by atoms with Crippen LogP contribution in [-0.2, 0) is 10.2 Å². The molecule has 108 valence electrons. The van der Waals surface area contributed by atoms with Gasteiger partial charge in [0.15, 0.2) is 0 Å². The van der Waals surface area contributed by atoms with Crippen molar-refractivity contribution < 1.29 is 4.79 Å². The summed E-state index contributed by atoms with van der Waals surface area (Å²) in [6.07, 6.45) is 0.831. The standard InChI is InChI=1S/C19H21NO/c1-14(15-9-5-4-6-10-15)13-19(2)16-11-7-8-12-17(16)20(3)18(19)21/h4-12,14H,13H2,1-3H3. The van der Waals surface area contributed by atoms with Gasteiger partial charge in [0.05, 0.1) is 5.41 Å². The van der Waals surface area contributed by atoms with E-state index in [4.69, 9.17) is 0 Å². The maximum Gasteiger partial charge on any atom is 0.237 e. The molecule has 0 saturated carbocycles. The van der Waals surface area contributed by atoms with Crippen molar-refractivity contribution >= 4 is 11.6 Å². The number of fused-ring (bicyclic) bond motifs is 1. The van der Waals surface area contributed by atoms with Gasteiger partial charge >= 0.3 is 0 Å². The molecule has 1 amide bonds. The molecule has 0 N–H and O–H groups in total. The van der Waals surface area contributed by atoms with Crippen molar-refractivity contribution in [3.05, 3.63) is 65.7 Å². The monoisotopic (exact) mass is 279 g/mol. The summed E-state index contributed by atoms with van der Waals surface area (Å²) >= 11 is 0. The Morgan fingerprint density at radius 2 is 1.67 bits per heavy atom. The van der Waals surface area contributed by atoms with Crippen LogP contribution in [0.15, 0.2) is 54.6 Å². The number of rotatable bonds is 3. The summed E-state index contributed by atoms with van der Waals surface area (Å²) in [5.74, 6) is 0.547. The number of likely N-dealkylation sites (N-methyl/N-ethyl adjacent to an activating group) is 1.